The lowest BCUT2D eigenvalue weighted by atomic mass is 10.2. The molecule has 1 unspecified atom stereocenters. The highest BCUT2D eigenvalue weighted by Gasteiger charge is 2.32. The fraction of sp³-hybridized carbons (Fsp3) is 0.727. The molecule has 0 aromatic carbocycles. The summed E-state index contributed by atoms with van der Waals surface area (Å²) in [6, 6.07) is -0.555. The average Bonchev–Trinajstić information content (AvgIpc) is 2.73. The Hall–Kier alpha value is -1.79. The van der Waals surface area contributed by atoms with Gasteiger partial charge in [-0.25, -0.2) is 4.79 Å². The Kier molecular flexibility index (Phi) is 4.94. The first-order valence-electron chi connectivity index (χ1n) is 5.95. The number of likely N-dealkylation sites (tertiary alicyclic amines) is 1. The van der Waals surface area contributed by atoms with Crippen LogP contribution in [0.5, 0.6) is 0 Å². The van der Waals surface area contributed by atoms with Crippen LogP contribution < -0.4 is 11.1 Å². The monoisotopic (exact) mass is 257 g/mol. The highest BCUT2D eigenvalue weighted by molar-refractivity contribution is 5.89. The predicted octanol–water partition coefficient (Wildman–Crippen LogP) is -0.403. The highest BCUT2D eigenvalue weighted by Crippen LogP contribution is 2.16. The zero-order chi connectivity index (χ0) is 13.7. The lowest BCUT2D eigenvalue weighted by Crippen LogP contribution is -2.47. The number of carbonyl (C=O) groups is 3. The van der Waals surface area contributed by atoms with E-state index in [-0.39, 0.29) is 18.6 Å². The Balaban J connectivity index is 2.41. The van der Waals surface area contributed by atoms with Crippen LogP contribution in [0.1, 0.15) is 26.7 Å². The van der Waals surface area contributed by atoms with Crippen molar-refractivity contribution in [2.24, 2.45) is 5.73 Å². The molecule has 0 spiro atoms. The van der Waals surface area contributed by atoms with Crippen molar-refractivity contribution in [3.63, 3.8) is 0 Å². The van der Waals surface area contributed by atoms with Crippen LogP contribution in [0.25, 0.3) is 0 Å². The summed E-state index contributed by atoms with van der Waals surface area (Å²) in [5.41, 5.74) is 5.20. The Labute approximate surface area is 106 Å². The number of carbonyl (C=O) groups excluding carboxylic acids is 3. The second-order valence-electron chi connectivity index (χ2n) is 4.46. The van der Waals surface area contributed by atoms with E-state index in [4.69, 9.17) is 10.5 Å². The van der Waals surface area contributed by atoms with Crippen LogP contribution in [0.15, 0.2) is 0 Å². The molecule has 1 atom stereocenters. The zero-order valence-electron chi connectivity index (χ0n) is 10.6. The van der Waals surface area contributed by atoms with E-state index in [9.17, 15) is 14.4 Å². The van der Waals surface area contributed by atoms with Gasteiger partial charge in [0.15, 0.2) is 0 Å². The molecular weight excluding hydrogens is 238 g/mol. The van der Waals surface area contributed by atoms with Crippen molar-refractivity contribution in [3.8, 4) is 0 Å². The third kappa shape index (κ3) is 3.90. The van der Waals surface area contributed by atoms with Crippen LogP contribution in [-0.4, -0.2) is 48.0 Å². The molecule has 1 fully saturated rings. The summed E-state index contributed by atoms with van der Waals surface area (Å²) in [5, 5.41) is 2.35. The van der Waals surface area contributed by atoms with Crippen molar-refractivity contribution in [1.29, 1.82) is 0 Å². The van der Waals surface area contributed by atoms with Crippen LogP contribution in [0.3, 0.4) is 0 Å². The van der Waals surface area contributed by atoms with Gasteiger partial charge >= 0.3 is 6.09 Å². The number of hydrogen-bond donors (Lipinski definition) is 2. The summed E-state index contributed by atoms with van der Waals surface area (Å²) in [5.74, 6) is -0.831. The molecule has 0 saturated carbocycles. The fourth-order valence-corrected chi connectivity index (χ4v) is 1.87. The number of alkyl carbamates (subject to hydrolysis) is 1. The van der Waals surface area contributed by atoms with Crippen molar-refractivity contribution in [1.82, 2.24) is 10.2 Å². The van der Waals surface area contributed by atoms with Gasteiger partial charge in [0.2, 0.25) is 11.8 Å². The van der Waals surface area contributed by atoms with E-state index in [2.05, 4.69) is 5.32 Å². The molecule has 102 valence electrons. The maximum Gasteiger partial charge on any atom is 0.407 e. The first-order chi connectivity index (χ1) is 8.41. The Morgan fingerprint density at radius 3 is 2.67 bits per heavy atom. The van der Waals surface area contributed by atoms with Gasteiger partial charge in [0.05, 0.1) is 6.10 Å². The minimum Gasteiger partial charge on any atom is -0.447 e. The Morgan fingerprint density at radius 2 is 2.11 bits per heavy atom. The molecule has 1 saturated heterocycles. The Morgan fingerprint density at radius 1 is 1.44 bits per heavy atom. The molecule has 7 nitrogen and oxygen atoms in total. The molecule has 1 aliphatic heterocycles. The van der Waals surface area contributed by atoms with Crippen LogP contribution in [0.4, 0.5) is 4.79 Å². The zero-order valence-corrected chi connectivity index (χ0v) is 10.6. The van der Waals surface area contributed by atoms with Crippen molar-refractivity contribution >= 4 is 17.9 Å². The van der Waals surface area contributed by atoms with Gasteiger partial charge in [-0.2, -0.15) is 0 Å². The molecule has 3 amide bonds. The number of rotatable bonds is 4. The van der Waals surface area contributed by atoms with Gasteiger partial charge in [0, 0.05) is 6.54 Å². The third-order valence-electron chi connectivity index (χ3n) is 2.63. The lowest BCUT2D eigenvalue weighted by molar-refractivity contribution is -0.136. The molecule has 0 bridgehead atoms. The van der Waals surface area contributed by atoms with E-state index in [0.29, 0.717) is 13.0 Å². The first kappa shape index (κ1) is 14.3. The Bertz CT molecular complexity index is 343. The van der Waals surface area contributed by atoms with Crippen molar-refractivity contribution in [2.45, 2.75) is 38.8 Å². The van der Waals surface area contributed by atoms with E-state index in [1.54, 1.807) is 13.8 Å². The summed E-state index contributed by atoms with van der Waals surface area (Å²) < 4.78 is 4.83. The van der Waals surface area contributed by atoms with Gasteiger partial charge in [-0.15, -0.1) is 0 Å². The number of ether oxygens (including phenoxy) is 1. The fourth-order valence-electron chi connectivity index (χ4n) is 1.87. The number of amides is 3. The molecule has 0 radical (unpaired) electrons. The number of primary amides is 1. The second kappa shape index (κ2) is 6.23. The van der Waals surface area contributed by atoms with Gasteiger partial charge in [0.25, 0.3) is 0 Å². The third-order valence-corrected chi connectivity index (χ3v) is 2.63. The van der Waals surface area contributed by atoms with Gasteiger partial charge in [0.1, 0.15) is 12.6 Å². The molecule has 1 rings (SSSR count). The highest BCUT2D eigenvalue weighted by atomic mass is 16.6. The van der Waals surface area contributed by atoms with Gasteiger partial charge in [-0.05, 0) is 26.7 Å². The van der Waals surface area contributed by atoms with Crippen LogP contribution in [0.2, 0.25) is 0 Å². The topological polar surface area (TPSA) is 102 Å². The molecular formula is C11H19N3O4. The van der Waals surface area contributed by atoms with Gasteiger partial charge in [-0.3, -0.25) is 9.59 Å². The van der Waals surface area contributed by atoms with Gasteiger partial charge < -0.3 is 20.7 Å². The van der Waals surface area contributed by atoms with E-state index in [0.717, 1.165) is 6.42 Å². The molecule has 3 N–H and O–H groups in total. The minimum absolute atomic E-state index is 0.185. The number of nitrogens with two attached hydrogens (primary N) is 1. The van der Waals surface area contributed by atoms with Crippen LogP contribution in [0, 0.1) is 0 Å². The van der Waals surface area contributed by atoms with Crippen molar-refractivity contribution in [2.75, 3.05) is 13.1 Å². The molecule has 0 aliphatic carbocycles. The van der Waals surface area contributed by atoms with Gasteiger partial charge in [-0.1, -0.05) is 0 Å². The minimum atomic E-state index is -0.645. The predicted molar refractivity (Wildman–Crippen MR) is 63.5 cm³/mol. The first-order valence-corrected chi connectivity index (χ1v) is 5.95. The van der Waals surface area contributed by atoms with Crippen LogP contribution in [-0.2, 0) is 14.3 Å². The number of hydrogen-bond acceptors (Lipinski definition) is 4. The number of nitrogens with one attached hydrogen (secondary N) is 1. The summed E-state index contributed by atoms with van der Waals surface area (Å²) in [6.07, 6.45) is 0.436. The average molecular weight is 257 g/mol. The molecule has 0 aromatic rings. The number of nitrogens with zero attached hydrogens (tertiary/aromatic N) is 1. The van der Waals surface area contributed by atoms with E-state index >= 15 is 0 Å². The molecule has 18 heavy (non-hydrogen) atoms. The smallest absolute Gasteiger partial charge is 0.407 e. The van der Waals surface area contributed by atoms with Crippen molar-refractivity contribution < 1.29 is 19.1 Å². The van der Waals surface area contributed by atoms with Crippen LogP contribution >= 0.6 is 0 Å². The standard InChI is InChI=1S/C11H19N3O4/c1-7(2)18-11(17)13-6-9(15)14-5-3-4-8(14)10(12)16/h7-8H,3-6H2,1-2H3,(H2,12,16)(H,13,17). The molecule has 1 heterocycles. The molecule has 1 aliphatic rings. The quantitative estimate of drug-likeness (QED) is 0.715. The van der Waals surface area contributed by atoms with E-state index in [1.807, 2.05) is 0 Å². The summed E-state index contributed by atoms with van der Waals surface area (Å²) in [6.45, 7) is 3.73. The summed E-state index contributed by atoms with van der Waals surface area (Å²) >= 11 is 0. The lowest BCUT2D eigenvalue weighted by Gasteiger charge is -2.22. The maximum absolute atomic E-state index is 11.8. The van der Waals surface area contributed by atoms with E-state index < -0.39 is 18.0 Å². The SMILES string of the molecule is CC(C)OC(=O)NCC(=O)N1CCCC1C(N)=O. The maximum atomic E-state index is 11.8. The van der Waals surface area contributed by atoms with E-state index in [1.165, 1.54) is 4.90 Å². The molecule has 0 aromatic heterocycles. The molecule has 7 heteroatoms. The summed E-state index contributed by atoms with van der Waals surface area (Å²) in [4.78, 5) is 35.5. The summed E-state index contributed by atoms with van der Waals surface area (Å²) in [7, 11) is 0. The van der Waals surface area contributed by atoms with Crippen molar-refractivity contribution in [3.05, 3.63) is 0 Å². The largest absolute Gasteiger partial charge is 0.447 e. The second-order valence-corrected chi connectivity index (χ2v) is 4.46. The normalized spacial score (nSPS) is 18.8.